The van der Waals surface area contributed by atoms with Crippen LogP contribution in [0, 0.1) is 56.7 Å². The monoisotopic (exact) mass is 730 g/mol. The van der Waals surface area contributed by atoms with Crippen molar-refractivity contribution in [1.29, 1.82) is 0 Å². The first-order valence-corrected chi connectivity index (χ1v) is 24.1. The number of ether oxygens (including phenoxy) is 4. The van der Waals surface area contributed by atoms with E-state index in [1.807, 2.05) is 0 Å². The first kappa shape index (κ1) is 38.6. The molecule has 0 aromatic heterocycles. The Morgan fingerprint density at radius 3 is 2.24 bits per heavy atom. The van der Waals surface area contributed by atoms with Crippen molar-refractivity contribution in [2.45, 2.75) is 195 Å². The topological polar surface area (TPSA) is 75.3 Å². The zero-order chi connectivity index (χ0) is 36.8. The SMILES string of the molecule is CC[Si](CC)(CC)O[C@H]1[C@H]2O[C@@H]([C@H](OC(=O)NC)C(C)C)C[C@@H](C)[C@@H]2[C@@]2(C)CC[C@@]34CC35CCC(O[C@H]3CCCCO3)C(C)(C)[C@@H]5CC[C@H]4[C@]12C. The molecule has 7 fully saturated rings. The highest BCUT2D eigenvalue weighted by atomic mass is 28.4. The fraction of sp³-hybridized carbons (Fsp3) is 0.977. The van der Waals surface area contributed by atoms with E-state index in [4.69, 9.17) is 23.4 Å². The van der Waals surface area contributed by atoms with E-state index in [0.29, 0.717) is 34.5 Å². The number of fused-ring (bicyclic) bond motifs is 4. The smallest absolute Gasteiger partial charge is 0.407 e. The lowest BCUT2D eigenvalue weighted by Gasteiger charge is -2.64. The Hall–Kier alpha value is -0.673. The van der Waals surface area contributed by atoms with Crippen molar-refractivity contribution in [1.82, 2.24) is 5.32 Å². The van der Waals surface area contributed by atoms with Crippen molar-refractivity contribution in [3.63, 3.8) is 0 Å². The maximum absolute atomic E-state index is 12.6. The van der Waals surface area contributed by atoms with Gasteiger partial charge in [-0.05, 0) is 140 Å². The predicted octanol–water partition coefficient (Wildman–Crippen LogP) is 10.1. The van der Waals surface area contributed by atoms with Crippen LogP contribution in [0.3, 0.4) is 0 Å². The largest absolute Gasteiger partial charge is 0.443 e. The summed E-state index contributed by atoms with van der Waals surface area (Å²) >= 11 is 0. The fourth-order valence-electron chi connectivity index (χ4n) is 15.0. The van der Waals surface area contributed by atoms with Crippen LogP contribution in [0.15, 0.2) is 0 Å². The molecule has 292 valence electrons. The van der Waals surface area contributed by atoms with Gasteiger partial charge in [0, 0.05) is 19.1 Å². The van der Waals surface area contributed by atoms with Gasteiger partial charge in [0.15, 0.2) is 14.6 Å². The van der Waals surface area contributed by atoms with Crippen molar-refractivity contribution in [3.8, 4) is 0 Å². The van der Waals surface area contributed by atoms with Crippen LogP contribution in [0.5, 0.6) is 0 Å². The lowest BCUT2D eigenvalue weighted by molar-refractivity contribution is -0.242. The van der Waals surface area contributed by atoms with Gasteiger partial charge in [-0.3, -0.25) is 0 Å². The zero-order valence-electron chi connectivity index (χ0n) is 34.4. The molecule has 1 N–H and O–H groups in total. The standard InChI is InChI=1S/C43H75NO6Si/c1-12-51(13-2,14-3)50-37-36-34(28(6)25-29(47-36)35(27(4)5)49-38(45)44-11)40(9)22-23-43-26-42(43)21-20-32(48-33-17-15-16-24-46-33)39(7,8)30(42)18-19-31(43)41(37,40)10/h27-37H,12-26H2,1-11H3,(H,44,45)/t28-,29-,30+,31+,32?,33+,34+,35-,36+,37+,40-,41-,42?,43+/m1/s1. The van der Waals surface area contributed by atoms with Crippen LogP contribution in [-0.4, -0.2) is 64.9 Å². The summed E-state index contributed by atoms with van der Waals surface area (Å²) in [6.45, 7) is 25.3. The maximum atomic E-state index is 12.6. The fourth-order valence-corrected chi connectivity index (χ4v) is 17.9. The van der Waals surface area contributed by atoms with E-state index in [9.17, 15) is 4.79 Å². The van der Waals surface area contributed by atoms with Crippen LogP contribution < -0.4 is 5.32 Å². The summed E-state index contributed by atoms with van der Waals surface area (Å²) in [7, 11) is -0.349. The number of nitrogens with one attached hydrogen (secondary N) is 1. The van der Waals surface area contributed by atoms with Crippen molar-refractivity contribution < 1.29 is 28.2 Å². The molecule has 2 heterocycles. The summed E-state index contributed by atoms with van der Waals surface area (Å²) in [4.78, 5) is 12.6. The zero-order valence-corrected chi connectivity index (χ0v) is 35.4. The average Bonchev–Trinajstić information content (AvgIpc) is 3.74. The molecule has 0 radical (unpaired) electrons. The van der Waals surface area contributed by atoms with E-state index in [2.05, 4.69) is 74.6 Å². The van der Waals surface area contributed by atoms with Gasteiger partial charge in [0.1, 0.15) is 6.10 Å². The van der Waals surface area contributed by atoms with Crippen LogP contribution in [0.1, 0.15) is 140 Å². The van der Waals surface area contributed by atoms with Gasteiger partial charge in [-0.1, -0.05) is 69.2 Å². The normalized spacial score (nSPS) is 47.6. The Bertz CT molecular complexity index is 1270. The summed E-state index contributed by atoms with van der Waals surface area (Å²) < 4.78 is 34.5. The molecule has 14 atom stereocenters. The van der Waals surface area contributed by atoms with E-state index in [-0.39, 0.29) is 65.1 Å². The summed E-state index contributed by atoms with van der Waals surface area (Å²) in [5.74, 6) is 2.41. The minimum Gasteiger partial charge on any atom is -0.443 e. The second-order valence-electron chi connectivity index (χ2n) is 20.2. The van der Waals surface area contributed by atoms with Gasteiger partial charge < -0.3 is 28.7 Å². The number of carbonyl (C=O) groups is 1. The Morgan fingerprint density at radius 2 is 1.61 bits per heavy atom. The summed E-state index contributed by atoms with van der Waals surface area (Å²) in [5, 5.41) is 2.70. The molecule has 5 saturated carbocycles. The van der Waals surface area contributed by atoms with Gasteiger partial charge in [0.2, 0.25) is 0 Å². The molecule has 0 aromatic carbocycles. The number of hydrogen-bond donors (Lipinski definition) is 1. The van der Waals surface area contributed by atoms with Gasteiger partial charge in [0.05, 0.1) is 24.4 Å². The van der Waals surface area contributed by atoms with Gasteiger partial charge in [-0.25, -0.2) is 4.79 Å². The van der Waals surface area contributed by atoms with Gasteiger partial charge in [0.25, 0.3) is 0 Å². The molecule has 5 aliphatic carbocycles. The third kappa shape index (κ3) is 5.53. The van der Waals surface area contributed by atoms with E-state index in [1.165, 1.54) is 51.4 Å². The van der Waals surface area contributed by atoms with Gasteiger partial charge in [-0.15, -0.1) is 0 Å². The molecular weight excluding hydrogens is 655 g/mol. The van der Waals surface area contributed by atoms with Crippen LogP contribution in [0.2, 0.25) is 18.1 Å². The quantitative estimate of drug-likeness (QED) is 0.178. The second-order valence-corrected chi connectivity index (χ2v) is 24.9. The van der Waals surface area contributed by atoms with Crippen LogP contribution in [-0.2, 0) is 23.4 Å². The number of carbonyl (C=O) groups excluding carboxylic acids is 1. The minimum absolute atomic E-state index is 0.0152. The van der Waals surface area contributed by atoms with Crippen LogP contribution in [0.4, 0.5) is 4.79 Å². The van der Waals surface area contributed by atoms with Crippen LogP contribution in [0.25, 0.3) is 0 Å². The summed E-state index contributed by atoms with van der Waals surface area (Å²) in [6, 6.07) is 3.45. The number of rotatable bonds is 10. The third-order valence-electron chi connectivity index (χ3n) is 18.0. The van der Waals surface area contributed by atoms with Crippen molar-refractivity contribution in [2.24, 2.45) is 56.7 Å². The molecule has 2 aliphatic heterocycles. The molecule has 2 spiro atoms. The molecule has 7 nitrogen and oxygen atoms in total. The Balaban J connectivity index is 1.24. The molecule has 2 saturated heterocycles. The van der Waals surface area contributed by atoms with Crippen molar-refractivity contribution >= 4 is 14.4 Å². The van der Waals surface area contributed by atoms with E-state index in [1.54, 1.807) is 7.05 Å². The van der Waals surface area contributed by atoms with E-state index < -0.39 is 8.32 Å². The minimum atomic E-state index is -2.00. The molecule has 7 aliphatic rings. The molecule has 8 heteroatoms. The molecule has 7 rings (SSSR count). The highest BCUT2D eigenvalue weighted by molar-refractivity contribution is 6.73. The molecule has 0 aromatic rings. The first-order chi connectivity index (χ1) is 24.1. The summed E-state index contributed by atoms with van der Waals surface area (Å²) in [5.41, 5.74) is 1.12. The van der Waals surface area contributed by atoms with E-state index >= 15 is 0 Å². The van der Waals surface area contributed by atoms with Crippen molar-refractivity contribution in [3.05, 3.63) is 0 Å². The lowest BCUT2D eigenvalue weighted by atomic mass is 9.41. The molecule has 51 heavy (non-hydrogen) atoms. The van der Waals surface area contributed by atoms with Gasteiger partial charge in [-0.2, -0.15) is 0 Å². The summed E-state index contributed by atoms with van der Waals surface area (Å²) in [6.07, 6.45) is 13.0. The van der Waals surface area contributed by atoms with Crippen LogP contribution >= 0.6 is 0 Å². The third-order valence-corrected chi connectivity index (χ3v) is 22.6. The highest BCUT2D eigenvalue weighted by Gasteiger charge is 2.85. The molecular formula is C43H75NO6Si. The second kappa shape index (κ2) is 13.5. The lowest BCUT2D eigenvalue weighted by Crippen LogP contribution is -2.61. The number of alkyl carbamates (subject to hydrolysis) is 1. The maximum Gasteiger partial charge on any atom is 0.407 e. The Labute approximate surface area is 312 Å². The Morgan fingerprint density at radius 1 is 0.922 bits per heavy atom. The van der Waals surface area contributed by atoms with E-state index in [0.717, 1.165) is 44.0 Å². The average molecular weight is 730 g/mol. The Kier molecular flexibility index (Phi) is 10.2. The molecule has 0 bridgehead atoms. The number of hydrogen-bond acceptors (Lipinski definition) is 6. The highest BCUT2D eigenvalue weighted by Crippen LogP contribution is 2.89. The first-order valence-electron chi connectivity index (χ1n) is 21.6. The predicted molar refractivity (Wildman–Crippen MR) is 205 cm³/mol. The van der Waals surface area contributed by atoms with Gasteiger partial charge >= 0.3 is 6.09 Å². The molecule has 1 amide bonds. The molecule has 2 unspecified atom stereocenters. The van der Waals surface area contributed by atoms with Crippen molar-refractivity contribution in [2.75, 3.05) is 13.7 Å². The number of amides is 1.